The minimum absolute atomic E-state index is 0.164. The van der Waals surface area contributed by atoms with Crippen molar-refractivity contribution in [2.75, 3.05) is 35.2 Å². The van der Waals surface area contributed by atoms with Crippen LogP contribution in [0.5, 0.6) is 46.0 Å². The van der Waals surface area contributed by atoms with Crippen LogP contribution in [-0.4, -0.2) is 57.7 Å². The zero-order valence-electron chi connectivity index (χ0n) is 30.8. The minimum Gasteiger partial charge on any atom is -0.493 e. The summed E-state index contributed by atoms with van der Waals surface area (Å²) in [5, 5.41) is 22.2. The van der Waals surface area contributed by atoms with E-state index in [1.165, 1.54) is 0 Å². The van der Waals surface area contributed by atoms with Crippen molar-refractivity contribution < 1.29 is 52.8 Å². The Labute approximate surface area is 304 Å². The number of hydrogen-bond acceptors (Lipinski definition) is 11. The van der Waals surface area contributed by atoms with Gasteiger partial charge in [-0.05, 0) is 96.5 Å². The number of aliphatic hydroxyl groups is 2. The molecule has 2 N–H and O–H groups in total. The summed E-state index contributed by atoms with van der Waals surface area (Å²) in [7, 11) is 6.31. The van der Waals surface area contributed by atoms with E-state index < -0.39 is 24.4 Å². The lowest BCUT2D eigenvalue weighted by Gasteiger charge is -2.24. The van der Waals surface area contributed by atoms with Gasteiger partial charge in [0.25, 0.3) is 0 Å². The summed E-state index contributed by atoms with van der Waals surface area (Å²) < 4.78 is 52.3. The van der Waals surface area contributed by atoms with E-state index in [-0.39, 0.29) is 30.8 Å². The molecule has 4 aromatic rings. The van der Waals surface area contributed by atoms with Crippen LogP contribution in [0, 0.1) is 11.8 Å². The minimum atomic E-state index is -0.930. The van der Waals surface area contributed by atoms with Crippen molar-refractivity contribution in [3.8, 4) is 46.0 Å². The number of hydrogen-bond donors (Lipinski definition) is 2. The van der Waals surface area contributed by atoms with Crippen molar-refractivity contribution in [3.63, 3.8) is 0 Å². The Kier molecular flexibility index (Phi) is 11.2. The third-order valence-electron chi connectivity index (χ3n) is 10.1. The summed E-state index contributed by atoms with van der Waals surface area (Å²) in [6, 6.07) is 22.2. The molecule has 278 valence electrons. The molecule has 0 aliphatic carbocycles. The van der Waals surface area contributed by atoms with Crippen LogP contribution >= 0.6 is 0 Å². The topological polar surface area (TPSA) is 124 Å². The van der Waals surface area contributed by atoms with Crippen LogP contribution in [0.25, 0.3) is 0 Å². The van der Waals surface area contributed by atoms with Gasteiger partial charge in [-0.15, -0.1) is 0 Å². The molecule has 0 spiro atoms. The molecular formula is C41H48O11. The highest BCUT2D eigenvalue weighted by Gasteiger charge is 2.41. The molecule has 2 aliphatic heterocycles. The molecule has 11 nitrogen and oxygen atoms in total. The molecule has 2 heterocycles. The zero-order valence-corrected chi connectivity index (χ0v) is 30.8. The van der Waals surface area contributed by atoms with Crippen molar-refractivity contribution in [1.82, 2.24) is 0 Å². The predicted molar refractivity (Wildman–Crippen MR) is 193 cm³/mol. The summed E-state index contributed by atoms with van der Waals surface area (Å²) in [6.45, 7) is 8.14. The molecule has 52 heavy (non-hydrogen) atoms. The van der Waals surface area contributed by atoms with Crippen molar-refractivity contribution in [1.29, 1.82) is 0 Å². The highest BCUT2D eigenvalue weighted by atomic mass is 16.7. The third-order valence-corrected chi connectivity index (χ3v) is 10.1. The summed E-state index contributed by atoms with van der Waals surface area (Å²) in [5.41, 5.74) is 3.22. The fourth-order valence-electron chi connectivity index (χ4n) is 6.84. The first-order valence-corrected chi connectivity index (χ1v) is 17.4. The molecule has 0 saturated carbocycles. The van der Waals surface area contributed by atoms with Gasteiger partial charge in [0.15, 0.2) is 46.0 Å². The van der Waals surface area contributed by atoms with Gasteiger partial charge in [0.05, 0.1) is 40.6 Å². The van der Waals surface area contributed by atoms with E-state index in [4.69, 9.17) is 42.6 Å². The quantitative estimate of drug-likeness (QED) is 0.135. The van der Waals surface area contributed by atoms with Crippen LogP contribution < -0.4 is 37.9 Å². The Morgan fingerprint density at radius 3 is 1.50 bits per heavy atom. The Hall–Kier alpha value is -4.84. The second-order valence-electron chi connectivity index (χ2n) is 13.3. The first-order chi connectivity index (χ1) is 25.1. The van der Waals surface area contributed by atoms with Crippen LogP contribution in [0.2, 0.25) is 0 Å². The maximum Gasteiger partial charge on any atom is 0.231 e. The molecule has 0 bridgehead atoms. The maximum absolute atomic E-state index is 11.1. The van der Waals surface area contributed by atoms with Crippen molar-refractivity contribution in [3.05, 3.63) is 95.1 Å². The lowest BCUT2D eigenvalue weighted by molar-refractivity contribution is 0.0281. The fourth-order valence-corrected chi connectivity index (χ4v) is 6.84. The summed E-state index contributed by atoms with van der Waals surface area (Å²) >= 11 is 0. The van der Waals surface area contributed by atoms with E-state index in [1.807, 2.05) is 43.3 Å². The van der Waals surface area contributed by atoms with Crippen molar-refractivity contribution >= 4 is 0 Å². The smallest absolute Gasteiger partial charge is 0.231 e. The summed E-state index contributed by atoms with van der Waals surface area (Å²) in [4.78, 5) is 0. The molecule has 11 heteroatoms. The van der Waals surface area contributed by atoms with Crippen LogP contribution in [0.4, 0.5) is 0 Å². The molecule has 4 aromatic carbocycles. The van der Waals surface area contributed by atoms with Crippen LogP contribution in [0.3, 0.4) is 0 Å². The van der Waals surface area contributed by atoms with Gasteiger partial charge in [-0.2, -0.15) is 0 Å². The van der Waals surface area contributed by atoms with Crippen molar-refractivity contribution in [2.45, 2.75) is 64.3 Å². The van der Waals surface area contributed by atoms with Gasteiger partial charge >= 0.3 is 0 Å². The number of methoxy groups -OCH3 is 4. The van der Waals surface area contributed by atoms with E-state index in [0.717, 1.165) is 11.1 Å². The first kappa shape index (κ1) is 36.9. The largest absolute Gasteiger partial charge is 0.493 e. The van der Waals surface area contributed by atoms with Crippen molar-refractivity contribution in [2.24, 2.45) is 11.8 Å². The van der Waals surface area contributed by atoms with Gasteiger partial charge in [-0.1, -0.05) is 38.1 Å². The normalized spacial score (nSPS) is 21.5. The average Bonchev–Trinajstić information content (AvgIpc) is 3.77. The van der Waals surface area contributed by atoms with Gasteiger partial charge < -0.3 is 52.8 Å². The van der Waals surface area contributed by atoms with Crippen LogP contribution in [0.1, 0.15) is 74.4 Å². The average molecular weight is 717 g/mol. The van der Waals surface area contributed by atoms with Gasteiger partial charge in [-0.25, -0.2) is 0 Å². The fraction of sp³-hybridized carbons (Fsp3) is 0.415. The van der Waals surface area contributed by atoms with Gasteiger partial charge in [0, 0.05) is 0 Å². The van der Waals surface area contributed by atoms with Gasteiger partial charge in [-0.3, -0.25) is 0 Å². The lowest BCUT2D eigenvalue weighted by atomic mass is 9.85. The van der Waals surface area contributed by atoms with E-state index in [2.05, 4.69) is 13.8 Å². The van der Waals surface area contributed by atoms with E-state index in [1.54, 1.807) is 71.8 Å². The maximum atomic E-state index is 11.1. The number of fused-ring (bicyclic) bond motifs is 1. The highest BCUT2D eigenvalue weighted by Crippen LogP contribution is 2.51. The van der Waals surface area contributed by atoms with E-state index >= 15 is 0 Å². The van der Waals surface area contributed by atoms with Crippen LogP contribution in [-0.2, 0) is 4.74 Å². The lowest BCUT2D eigenvalue weighted by Crippen LogP contribution is -2.22. The number of rotatable bonds is 14. The second-order valence-corrected chi connectivity index (χ2v) is 13.3. The Morgan fingerprint density at radius 2 is 0.981 bits per heavy atom. The molecular weight excluding hydrogens is 668 g/mol. The molecule has 2 aliphatic rings. The van der Waals surface area contributed by atoms with E-state index in [9.17, 15) is 10.2 Å². The molecule has 0 radical (unpaired) electrons. The third kappa shape index (κ3) is 7.39. The number of aliphatic hydroxyl groups excluding tert-OH is 2. The molecule has 6 rings (SSSR count). The molecule has 1 saturated heterocycles. The first-order valence-electron chi connectivity index (χ1n) is 17.4. The monoisotopic (exact) mass is 716 g/mol. The molecule has 4 unspecified atom stereocenters. The predicted octanol–water partition coefficient (Wildman–Crippen LogP) is 7.54. The standard InChI is InChI=1S/C41H48O11/c1-22-23(2)41(29-12-16-33(36(20-29)47-8)51-25(4)39(43)27-10-14-31-37(18-27)49-21-48-31)52-40(22)28-11-15-32(35(19-28)46-7)50-24(3)38(42)26-9-13-30(44-5)34(17-26)45-6/h9-20,22-25,38-43H,21H2,1-8H3/t22?,23-,24-,25?,38+,39?,40?,41+/m1/s1. The Balaban J connectivity index is 1.14. The summed E-state index contributed by atoms with van der Waals surface area (Å²) in [5.74, 6) is 4.80. The highest BCUT2D eigenvalue weighted by molar-refractivity contribution is 5.48. The Morgan fingerprint density at radius 1 is 0.538 bits per heavy atom. The SMILES string of the molecule is COc1ccc([C@@H](O)[C@@H](C)Oc2ccc(C3O[C@H](c4ccc(OC(C)C(O)c5ccc6c(c5)OCO6)c(OC)c4)[C@H](C)C3C)cc2OC)cc1OC. The van der Waals surface area contributed by atoms with Crippen LogP contribution in [0.15, 0.2) is 72.8 Å². The van der Waals surface area contributed by atoms with E-state index in [0.29, 0.717) is 57.1 Å². The summed E-state index contributed by atoms with van der Waals surface area (Å²) in [6.07, 6.45) is -3.43. The van der Waals surface area contributed by atoms with Gasteiger partial charge in [0.2, 0.25) is 6.79 Å². The molecule has 0 aromatic heterocycles. The Bertz CT molecular complexity index is 1840. The zero-order chi connectivity index (χ0) is 37.1. The second kappa shape index (κ2) is 15.8. The van der Waals surface area contributed by atoms with Gasteiger partial charge in [0.1, 0.15) is 24.4 Å². The number of ether oxygens (including phenoxy) is 9. The molecule has 1 fully saturated rings. The molecule has 8 atom stereocenters. The number of benzene rings is 4. The molecule has 0 amide bonds.